The average Bonchev–Trinajstić information content (AvgIpc) is 2.25. The Bertz CT molecular complexity index is 319. The third kappa shape index (κ3) is 8.63. The number of carboxylic acids is 1. The van der Waals surface area contributed by atoms with E-state index in [4.69, 9.17) is 5.11 Å². The van der Waals surface area contributed by atoms with Gasteiger partial charge in [0.05, 0.1) is 13.0 Å². The Labute approximate surface area is 117 Å². The maximum atomic E-state index is 11.9. The second-order valence-electron chi connectivity index (χ2n) is 5.16. The van der Waals surface area contributed by atoms with Crippen molar-refractivity contribution in [2.24, 2.45) is 0 Å². The van der Waals surface area contributed by atoms with Crippen molar-refractivity contribution in [2.45, 2.75) is 39.2 Å². The number of hydrogen-bond donors (Lipinski definition) is 2. The van der Waals surface area contributed by atoms with Crippen LogP contribution in [-0.4, -0.2) is 60.3 Å². The molecule has 0 aliphatic heterocycles. The number of alkyl halides is 2. The maximum Gasteiger partial charge on any atom is 0.317 e. The molecule has 0 saturated carbocycles. The van der Waals surface area contributed by atoms with Crippen LogP contribution in [0, 0.1) is 0 Å². The zero-order valence-electron chi connectivity index (χ0n) is 12.0. The highest BCUT2D eigenvalue weighted by Crippen LogP contribution is 2.13. The van der Waals surface area contributed by atoms with Gasteiger partial charge in [0.1, 0.15) is 6.61 Å². The molecule has 20 heavy (non-hydrogen) atoms. The van der Waals surface area contributed by atoms with Gasteiger partial charge in [-0.25, -0.2) is 13.6 Å². The molecule has 0 aliphatic rings. The lowest BCUT2D eigenvalue weighted by molar-refractivity contribution is -0.137. The van der Waals surface area contributed by atoms with Crippen LogP contribution in [0.4, 0.5) is 13.6 Å². The molecule has 0 aliphatic carbocycles. The Kier molecular flexibility index (Phi) is 8.05. The lowest BCUT2D eigenvalue weighted by Crippen LogP contribution is -2.51. The number of rotatable bonds is 8. The summed E-state index contributed by atoms with van der Waals surface area (Å²) in [6.07, 6.45) is -2.70. The summed E-state index contributed by atoms with van der Waals surface area (Å²) >= 11 is 0. The Morgan fingerprint density at radius 2 is 1.95 bits per heavy atom. The van der Waals surface area contributed by atoms with Gasteiger partial charge in [0, 0.05) is 18.6 Å². The second kappa shape index (κ2) is 8.68. The van der Waals surface area contributed by atoms with Gasteiger partial charge in [0.15, 0.2) is 0 Å². The van der Waals surface area contributed by atoms with Crippen molar-refractivity contribution in [1.82, 2.24) is 10.2 Å². The lowest BCUT2D eigenvalue weighted by atomic mass is 10.1. The highest BCUT2D eigenvalue weighted by Gasteiger charge is 2.26. The van der Waals surface area contributed by atoms with Crippen molar-refractivity contribution in [3.8, 4) is 0 Å². The predicted molar refractivity (Wildman–Crippen MR) is 68.9 cm³/mol. The van der Waals surface area contributed by atoms with E-state index in [0.29, 0.717) is 0 Å². The summed E-state index contributed by atoms with van der Waals surface area (Å²) in [6, 6.07) is -0.445. The molecule has 8 heteroatoms. The summed E-state index contributed by atoms with van der Waals surface area (Å²) in [5, 5.41) is 11.2. The summed E-state index contributed by atoms with van der Waals surface area (Å²) in [7, 11) is 0. The van der Waals surface area contributed by atoms with Crippen molar-refractivity contribution in [1.29, 1.82) is 0 Å². The quantitative estimate of drug-likeness (QED) is 0.666. The van der Waals surface area contributed by atoms with Gasteiger partial charge in [-0.3, -0.25) is 4.79 Å². The first-order valence-corrected chi connectivity index (χ1v) is 6.27. The summed E-state index contributed by atoms with van der Waals surface area (Å²) in [5.74, 6) is -0.993. The normalized spacial score (nSPS) is 11.5. The van der Waals surface area contributed by atoms with Crippen molar-refractivity contribution >= 4 is 12.0 Å². The van der Waals surface area contributed by atoms with Crippen LogP contribution in [0.3, 0.4) is 0 Å². The number of aliphatic carboxylic acids is 1. The van der Waals surface area contributed by atoms with Crippen LogP contribution in [0.25, 0.3) is 0 Å². The van der Waals surface area contributed by atoms with Crippen LogP contribution in [0.5, 0.6) is 0 Å². The molecule has 0 bridgehead atoms. The highest BCUT2D eigenvalue weighted by atomic mass is 19.3. The molecule has 0 radical (unpaired) electrons. The van der Waals surface area contributed by atoms with Crippen LogP contribution in [0.15, 0.2) is 0 Å². The summed E-state index contributed by atoms with van der Waals surface area (Å²) in [6.45, 7) is 4.81. The predicted octanol–water partition coefficient (Wildman–Crippen LogP) is 1.55. The molecular weight excluding hydrogens is 274 g/mol. The minimum atomic E-state index is -2.53. The first kappa shape index (κ1) is 18.6. The zero-order valence-corrected chi connectivity index (χ0v) is 12.0. The number of carboxylic acid groups (broad SMARTS) is 1. The van der Waals surface area contributed by atoms with E-state index in [9.17, 15) is 18.4 Å². The first-order valence-electron chi connectivity index (χ1n) is 6.27. The van der Waals surface area contributed by atoms with E-state index in [-0.39, 0.29) is 26.1 Å². The number of ether oxygens (including phenoxy) is 1. The molecule has 0 saturated heterocycles. The van der Waals surface area contributed by atoms with Crippen LogP contribution < -0.4 is 5.32 Å². The first-order chi connectivity index (χ1) is 9.14. The van der Waals surface area contributed by atoms with E-state index in [1.54, 1.807) is 20.8 Å². The number of carbonyl (C=O) groups excluding carboxylic acids is 1. The molecule has 118 valence electrons. The Morgan fingerprint density at radius 3 is 2.40 bits per heavy atom. The Morgan fingerprint density at radius 1 is 1.35 bits per heavy atom. The molecule has 0 aromatic carbocycles. The molecule has 0 atom stereocenters. The van der Waals surface area contributed by atoms with Gasteiger partial charge in [0.2, 0.25) is 0 Å². The highest BCUT2D eigenvalue weighted by molar-refractivity contribution is 5.76. The SMILES string of the molecule is CC(C)(C)N(CCC(=O)O)C(=O)NCCOCC(F)F. The molecule has 2 N–H and O–H groups in total. The Hall–Kier alpha value is -1.44. The average molecular weight is 296 g/mol. The fourth-order valence-electron chi connectivity index (χ4n) is 1.45. The van der Waals surface area contributed by atoms with Crippen molar-refractivity contribution < 1.29 is 28.2 Å². The van der Waals surface area contributed by atoms with Gasteiger partial charge in [-0.15, -0.1) is 0 Å². The van der Waals surface area contributed by atoms with Crippen LogP contribution >= 0.6 is 0 Å². The number of halogens is 2. The van der Waals surface area contributed by atoms with Crippen LogP contribution in [-0.2, 0) is 9.53 Å². The minimum absolute atomic E-state index is 0.0208. The molecule has 0 aromatic rings. The van der Waals surface area contributed by atoms with Crippen LogP contribution in [0.1, 0.15) is 27.2 Å². The largest absolute Gasteiger partial charge is 0.481 e. The van der Waals surface area contributed by atoms with Crippen molar-refractivity contribution in [3.63, 3.8) is 0 Å². The summed E-state index contributed by atoms with van der Waals surface area (Å²) in [4.78, 5) is 23.9. The minimum Gasteiger partial charge on any atom is -0.481 e. The molecule has 0 heterocycles. The summed E-state index contributed by atoms with van der Waals surface area (Å²) in [5.41, 5.74) is -0.538. The van der Waals surface area contributed by atoms with E-state index in [1.165, 1.54) is 4.90 Å². The van der Waals surface area contributed by atoms with E-state index >= 15 is 0 Å². The monoisotopic (exact) mass is 296 g/mol. The number of nitrogens with zero attached hydrogens (tertiary/aromatic N) is 1. The summed E-state index contributed by atoms with van der Waals surface area (Å²) < 4.78 is 28.2. The van der Waals surface area contributed by atoms with Crippen molar-refractivity contribution in [2.75, 3.05) is 26.3 Å². The number of carbonyl (C=O) groups is 2. The van der Waals surface area contributed by atoms with Gasteiger partial charge < -0.3 is 20.1 Å². The third-order valence-corrected chi connectivity index (χ3v) is 2.37. The zero-order chi connectivity index (χ0) is 15.8. The van der Waals surface area contributed by atoms with Gasteiger partial charge in [-0.1, -0.05) is 0 Å². The molecule has 6 nitrogen and oxygen atoms in total. The molecular formula is C12H22F2N2O4. The van der Waals surface area contributed by atoms with E-state index in [2.05, 4.69) is 10.1 Å². The van der Waals surface area contributed by atoms with Gasteiger partial charge in [-0.2, -0.15) is 0 Å². The van der Waals surface area contributed by atoms with Crippen molar-refractivity contribution in [3.05, 3.63) is 0 Å². The van der Waals surface area contributed by atoms with E-state index in [0.717, 1.165) is 0 Å². The van der Waals surface area contributed by atoms with Gasteiger partial charge >= 0.3 is 12.0 Å². The topological polar surface area (TPSA) is 78.9 Å². The van der Waals surface area contributed by atoms with Gasteiger partial charge in [-0.05, 0) is 20.8 Å². The fraction of sp³-hybridized carbons (Fsp3) is 0.833. The third-order valence-electron chi connectivity index (χ3n) is 2.37. The smallest absolute Gasteiger partial charge is 0.317 e. The standard InChI is InChI=1S/C12H22F2N2O4/c1-12(2,3)16(6-4-10(17)18)11(19)15-5-7-20-8-9(13)14/h9H,4-8H2,1-3H3,(H,15,19)(H,17,18). The van der Waals surface area contributed by atoms with E-state index in [1.807, 2.05) is 0 Å². The number of hydrogen-bond acceptors (Lipinski definition) is 3. The maximum absolute atomic E-state index is 11.9. The molecule has 0 spiro atoms. The number of amides is 2. The fourth-order valence-corrected chi connectivity index (χ4v) is 1.45. The molecule has 0 unspecified atom stereocenters. The van der Waals surface area contributed by atoms with Crippen LogP contribution in [0.2, 0.25) is 0 Å². The molecule has 0 rings (SSSR count). The van der Waals surface area contributed by atoms with E-state index < -0.39 is 30.6 Å². The number of urea groups is 1. The second-order valence-corrected chi connectivity index (χ2v) is 5.16. The molecule has 0 aromatic heterocycles. The number of nitrogens with one attached hydrogen (secondary N) is 1. The molecule has 0 fully saturated rings. The lowest BCUT2D eigenvalue weighted by Gasteiger charge is -2.35. The Balaban J connectivity index is 4.18. The molecule has 2 amide bonds. The van der Waals surface area contributed by atoms with Gasteiger partial charge in [0.25, 0.3) is 6.43 Å².